The first-order chi connectivity index (χ1) is 7.14. The van der Waals surface area contributed by atoms with Crippen LogP contribution in [0.5, 0.6) is 0 Å². The molecule has 2 rings (SSSR count). The third-order valence-electron chi connectivity index (χ3n) is 2.85. The van der Waals surface area contributed by atoms with Gasteiger partial charge in [0.15, 0.2) is 0 Å². The fourth-order valence-corrected chi connectivity index (χ4v) is 1.72. The van der Waals surface area contributed by atoms with Crippen molar-refractivity contribution in [3.8, 4) is 0 Å². The summed E-state index contributed by atoms with van der Waals surface area (Å²) in [4.78, 5) is 11.5. The third-order valence-corrected chi connectivity index (χ3v) is 2.85. The van der Waals surface area contributed by atoms with Gasteiger partial charge < -0.3 is 11.1 Å². The average molecular weight is 204 g/mol. The molecule has 0 heterocycles. The normalized spacial score (nSPS) is 19.3. The molecule has 80 valence electrons. The van der Waals surface area contributed by atoms with Crippen molar-refractivity contribution in [2.45, 2.75) is 31.3 Å². The molecule has 1 aliphatic rings. The van der Waals surface area contributed by atoms with Crippen molar-refractivity contribution < 1.29 is 4.79 Å². The molecule has 15 heavy (non-hydrogen) atoms. The first-order valence-corrected chi connectivity index (χ1v) is 5.27. The van der Waals surface area contributed by atoms with Crippen molar-refractivity contribution in [1.29, 1.82) is 0 Å². The number of benzene rings is 1. The van der Waals surface area contributed by atoms with E-state index in [4.69, 9.17) is 5.73 Å². The number of carbonyl (C=O) groups is 1. The zero-order valence-corrected chi connectivity index (χ0v) is 8.86. The van der Waals surface area contributed by atoms with E-state index in [1.165, 1.54) is 5.56 Å². The molecule has 3 nitrogen and oxygen atoms in total. The molecule has 1 unspecified atom stereocenters. The maximum atomic E-state index is 11.5. The van der Waals surface area contributed by atoms with E-state index in [9.17, 15) is 4.79 Å². The lowest BCUT2D eigenvalue weighted by Crippen LogP contribution is -2.43. The van der Waals surface area contributed by atoms with Gasteiger partial charge in [0.25, 0.3) is 0 Å². The summed E-state index contributed by atoms with van der Waals surface area (Å²) < 4.78 is 0. The molecule has 1 fully saturated rings. The largest absolute Gasteiger partial charge is 0.345 e. The summed E-state index contributed by atoms with van der Waals surface area (Å²) in [5.74, 6) is -0.0728. The molecule has 0 aliphatic heterocycles. The van der Waals surface area contributed by atoms with Crippen LogP contribution in [0.25, 0.3) is 0 Å². The highest BCUT2D eigenvalue weighted by Gasteiger charge is 2.45. The van der Waals surface area contributed by atoms with Gasteiger partial charge in [-0.2, -0.15) is 0 Å². The van der Waals surface area contributed by atoms with Crippen LogP contribution in [0.1, 0.15) is 25.3 Å². The molecule has 0 aromatic heterocycles. The first-order valence-electron chi connectivity index (χ1n) is 5.27. The lowest BCUT2D eigenvalue weighted by atomic mass is 10.0. The smallest absolute Gasteiger partial charge is 0.237 e. The second kappa shape index (κ2) is 3.66. The van der Waals surface area contributed by atoms with Crippen LogP contribution in [-0.4, -0.2) is 11.9 Å². The molecule has 1 amide bonds. The average Bonchev–Trinajstić information content (AvgIpc) is 3.00. The van der Waals surface area contributed by atoms with Gasteiger partial charge in [0.1, 0.15) is 0 Å². The molecule has 1 aliphatic carbocycles. The second-order valence-electron chi connectivity index (χ2n) is 4.23. The number of hydrogen-bond acceptors (Lipinski definition) is 2. The minimum absolute atomic E-state index is 0.0728. The number of nitrogens with one attached hydrogen (secondary N) is 1. The standard InChI is InChI=1S/C12H16N2O/c1-9(13)11(15)14-12(7-8-12)10-5-3-2-4-6-10/h2-6,9H,7-8,13H2,1H3,(H,14,15). The molecule has 3 heteroatoms. The SMILES string of the molecule is CC(N)C(=O)NC1(c2ccccc2)CC1. The Morgan fingerprint density at radius 1 is 1.40 bits per heavy atom. The quantitative estimate of drug-likeness (QED) is 0.775. The van der Waals surface area contributed by atoms with Crippen molar-refractivity contribution in [3.05, 3.63) is 35.9 Å². The van der Waals surface area contributed by atoms with Crippen molar-refractivity contribution in [1.82, 2.24) is 5.32 Å². The second-order valence-corrected chi connectivity index (χ2v) is 4.23. The van der Waals surface area contributed by atoms with Crippen LogP contribution in [0.3, 0.4) is 0 Å². The van der Waals surface area contributed by atoms with E-state index in [0.717, 1.165) is 12.8 Å². The van der Waals surface area contributed by atoms with Gasteiger partial charge in [-0.1, -0.05) is 30.3 Å². The molecular weight excluding hydrogens is 188 g/mol. The van der Waals surface area contributed by atoms with Gasteiger partial charge in [0.05, 0.1) is 11.6 Å². The van der Waals surface area contributed by atoms with Gasteiger partial charge in [-0.05, 0) is 25.3 Å². The highest BCUT2D eigenvalue weighted by molar-refractivity contribution is 5.82. The lowest BCUT2D eigenvalue weighted by molar-refractivity contribution is -0.123. The number of amides is 1. The Kier molecular flexibility index (Phi) is 2.49. The van der Waals surface area contributed by atoms with Crippen molar-refractivity contribution >= 4 is 5.91 Å². The summed E-state index contributed by atoms with van der Waals surface area (Å²) in [5.41, 5.74) is 6.58. The maximum absolute atomic E-state index is 11.5. The molecular formula is C12H16N2O. The van der Waals surface area contributed by atoms with Gasteiger partial charge in [0.2, 0.25) is 5.91 Å². The van der Waals surface area contributed by atoms with Gasteiger partial charge in [-0.15, -0.1) is 0 Å². The number of carbonyl (C=O) groups excluding carboxylic acids is 1. The van der Waals surface area contributed by atoms with Crippen molar-refractivity contribution in [3.63, 3.8) is 0 Å². The zero-order valence-electron chi connectivity index (χ0n) is 8.86. The Labute approximate surface area is 89.7 Å². The topological polar surface area (TPSA) is 55.1 Å². The van der Waals surface area contributed by atoms with Crippen molar-refractivity contribution in [2.24, 2.45) is 5.73 Å². The van der Waals surface area contributed by atoms with E-state index in [-0.39, 0.29) is 11.4 Å². The summed E-state index contributed by atoms with van der Waals surface area (Å²) in [6.45, 7) is 1.70. The van der Waals surface area contributed by atoms with Crippen LogP contribution in [0, 0.1) is 0 Å². The monoisotopic (exact) mass is 204 g/mol. The minimum Gasteiger partial charge on any atom is -0.345 e. The predicted molar refractivity (Wildman–Crippen MR) is 59.1 cm³/mol. The molecule has 0 bridgehead atoms. The molecule has 1 saturated carbocycles. The summed E-state index contributed by atoms with van der Waals surface area (Å²) in [6.07, 6.45) is 2.02. The number of rotatable bonds is 3. The van der Waals surface area contributed by atoms with E-state index in [1.807, 2.05) is 18.2 Å². The Bertz CT molecular complexity index is 355. The van der Waals surface area contributed by atoms with Crippen LogP contribution < -0.4 is 11.1 Å². The molecule has 0 radical (unpaired) electrons. The minimum atomic E-state index is -0.439. The Morgan fingerprint density at radius 2 is 2.00 bits per heavy atom. The van der Waals surface area contributed by atoms with E-state index in [0.29, 0.717) is 0 Å². The van der Waals surface area contributed by atoms with Crippen LogP contribution in [0.2, 0.25) is 0 Å². The van der Waals surface area contributed by atoms with Crippen LogP contribution in [0.4, 0.5) is 0 Å². The molecule has 0 spiro atoms. The van der Waals surface area contributed by atoms with E-state index >= 15 is 0 Å². The Hall–Kier alpha value is -1.35. The highest BCUT2D eigenvalue weighted by atomic mass is 16.2. The zero-order chi connectivity index (χ0) is 10.9. The molecule has 1 aromatic carbocycles. The summed E-state index contributed by atoms with van der Waals surface area (Å²) in [6, 6.07) is 9.63. The van der Waals surface area contributed by atoms with E-state index in [1.54, 1.807) is 6.92 Å². The third kappa shape index (κ3) is 2.02. The fraction of sp³-hybridized carbons (Fsp3) is 0.417. The summed E-state index contributed by atoms with van der Waals surface area (Å²) in [7, 11) is 0. The Morgan fingerprint density at radius 3 is 2.47 bits per heavy atom. The number of nitrogens with two attached hydrogens (primary N) is 1. The molecule has 1 atom stereocenters. The van der Waals surface area contributed by atoms with Gasteiger partial charge in [0, 0.05) is 0 Å². The van der Waals surface area contributed by atoms with Gasteiger partial charge in [-0.25, -0.2) is 0 Å². The van der Waals surface area contributed by atoms with Crippen molar-refractivity contribution in [2.75, 3.05) is 0 Å². The van der Waals surface area contributed by atoms with Crippen LogP contribution in [0.15, 0.2) is 30.3 Å². The highest BCUT2D eigenvalue weighted by Crippen LogP contribution is 2.45. The molecule has 3 N–H and O–H groups in total. The predicted octanol–water partition coefficient (Wildman–Crippen LogP) is 1.14. The van der Waals surface area contributed by atoms with Gasteiger partial charge >= 0.3 is 0 Å². The van der Waals surface area contributed by atoms with Gasteiger partial charge in [-0.3, -0.25) is 4.79 Å². The van der Waals surface area contributed by atoms with Crippen LogP contribution in [-0.2, 0) is 10.3 Å². The summed E-state index contributed by atoms with van der Waals surface area (Å²) >= 11 is 0. The molecule has 0 saturated heterocycles. The summed E-state index contributed by atoms with van der Waals surface area (Å²) in [5, 5.41) is 3.02. The van der Waals surface area contributed by atoms with E-state index < -0.39 is 6.04 Å². The molecule has 1 aromatic rings. The first kappa shape index (κ1) is 10.2. The van der Waals surface area contributed by atoms with E-state index in [2.05, 4.69) is 17.4 Å². The lowest BCUT2D eigenvalue weighted by Gasteiger charge is -2.19. The Balaban J connectivity index is 2.12. The fourth-order valence-electron chi connectivity index (χ4n) is 1.72. The van der Waals surface area contributed by atoms with Crippen LogP contribution >= 0.6 is 0 Å². The maximum Gasteiger partial charge on any atom is 0.237 e. The number of hydrogen-bond donors (Lipinski definition) is 2.